The number of halogens is 1. The zero-order chi connectivity index (χ0) is 13.7. The Morgan fingerprint density at radius 1 is 1.37 bits per heavy atom. The van der Waals surface area contributed by atoms with Crippen LogP contribution in [0, 0.1) is 0 Å². The first-order valence-corrected chi connectivity index (χ1v) is 6.23. The highest BCUT2D eigenvalue weighted by molar-refractivity contribution is 6.30. The number of H-pyrrole nitrogens is 1. The molecule has 19 heavy (non-hydrogen) atoms. The predicted molar refractivity (Wildman–Crippen MR) is 73.4 cm³/mol. The van der Waals surface area contributed by atoms with E-state index in [1.54, 1.807) is 12.1 Å². The van der Waals surface area contributed by atoms with Crippen LogP contribution in [-0.2, 0) is 13.0 Å². The van der Waals surface area contributed by atoms with Crippen LogP contribution in [0.25, 0.3) is 0 Å². The highest BCUT2D eigenvalue weighted by atomic mass is 35.5. The maximum atomic E-state index is 11.3. The van der Waals surface area contributed by atoms with Gasteiger partial charge in [0.1, 0.15) is 11.6 Å². The molecule has 0 amide bonds. The summed E-state index contributed by atoms with van der Waals surface area (Å²) >= 11 is 5.85. The monoisotopic (exact) mass is 279 g/mol. The van der Waals surface area contributed by atoms with E-state index < -0.39 is 0 Å². The van der Waals surface area contributed by atoms with Crippen LogP contribution >= 0.6 is 11.6 Å². The van der Waals surface area contributed by atoms with Crippen molar-refractivity contribution in [1.29, 1.82) is 0 Å². The minimum absolute atomic E-state index is 0.201. The molecule has 6 heteroatoms. The fraction of sp³-hybridized carbons (Fsp3) is 0.231. The van der Waals surface area contributed by atoms with Gasteiger partial charge in [0.2, 0.25) is 0 Å². The maximum absolute atomic E-state index is 11.3. The maximum Gasteiger partial charge on any atom is 0.251 e. The third-order valence-corrected chi connectivity index (χ3v) is 2.69. The number of nitrogens with zero attached hydrogens (tertiary/aromatic N) is 1. The number of nitrogens with two attached hydrogens (primary N) is 1. The van der Waals surface area contributed by atoms with Crippen LogP contribution in [0.2, 0.25) is 5.02 Å². The first-order valence-electron chi connectivity index (χ1n) is 5.85. The molecule has 1 aromatic carbocycles. The first-order chi connectivity index (χ1) is 9.17. The van der Waals surface area contributed by atoms with E-state index in [-0.39, 0.29) is 12.1 Å². The summed E-state index contributed by atoms with van der Waals surface area (Å²) < 4.78 is 5.53. The zero-order valence-corrected chi connectivity index (χ0v) is 11.0. The van der Waals surface area contributed by atoms with Gasteiger partial charge in [-0.05, 0) is 18.2 Å². The van der Waals surface area contributed by atoms with Crippen molar-refractivity contribution in [2.45, 2.75) is 13.0 Å². The Hall–Kier alpha value is -1.85. The average molecular weight is 280 g/mol. The van der Waals surface area contributed by atoms with Crippen molar-refractivity contribution < 1.29 is 4.74 Å². The van der Waals surface area contributed by atoms with Crippen molar-refractivity contribution in [2.24, 2.45) is 5.73 Å². The number of benzene rings is 1. The molecule has 0 bridgehead atoms. The van der Waals surface area contributed by atoms with Crippen molar-refractivity contribution in [3.05, 3.63) is 57.2 Å². The molecule has 0 aliphatic rings. The van der Waals surface area contributed by atoms with Crippen LogP contribution in [0.4, 0.5) is 0 Å². The van der Waals surface area contributed by atoms with E-state index in [9.17, 15) is 4.79 Å². The Kier molecular flexibility index (Phi) is 4.54. The number of hydrogen-bond donors (Lipinski definition) is 2. The summed E-state index contributed by atoms with van der Waals surface area (Å²) in [5.41, 5.74) is 5.83. The Balaban J connectivity index is 1.96. The van der Waals surface area contributed by atoms with E-state index in [4.69, 9.17) is 22.1 Å². The summed E-state index contributed by atoms with van der Waals surface area (Å²) in [4.78, 5) is 18.2. The van der Waals surface area contributed by atoms with Crippen LogP contribution in [0.3, 0.4) is 0 Å². The van der Waals surface area contributed by atoms with E-state index in [1.807, 2.05) is 12.1 Å². The predicted octanol–water partition coefficient (Wildman–Crippen LogP) is 1.50. The number of nitrogens with one attached hydrogen (secondary N) is 1. The van der Waals surface area contributed by atoms with Gasteiger partial charge >= 0.3 is 0 Å². The summed E-state index contributed by atoms with van der Waals surface area (Å²) in [6, 6.07) is 8.53. The van der Waals surface area contributed by atoms with Gasteiger partial charge in [-0.1, -0.05) is 17.7 Å². The molecular formula is C13H14ClN3O2. The quantitative estimate of drug-likeness (QED) is 0.869. The number of hydrogen-bond acceptors (Lipinski definition) is 4. The summed E-state index contributed by atoms with van der Waals surface area (Å²) in [5, 5.41) is 0.620. The van der Waals surface area contributed by atoms with Gasteiger partial charge < -0.3 is 15.5 Å². The number of ether oxygens (including phenoxy) is 1. The fourth-order valence-corrected chi connectivity index (χ4v) is 1.79. The number of aromatic amines is 1. The average Bonchev–Trinajstić information content (AvgIpc) is 2.38. The second kappa shape index (κ2) is 6.36. The third-order valence-electron chi connectivity index (χ3n) is 2.46. The van der Waals surface area contributed by atoms with Crippen LogP contribution in [-0.4, -0.2) is 16.6 Å². The van der Waals surface area contributed by atoms with Crippen LogP contribution < -0.4 is 16.0 Å². The highest BCUT2D eigenvalue weighted by Gasteiger charge is 2.01. The molecule has 1 heterocycles. The van der Waals surface area contributed by atoms with E-state index in [2.05, 4.69) is 9.97 Å². The lowest BCUT2D eigenvalue weighted by Gasteiger charge is -2.06. The molecule has 5 nitrogen and oxygen atoms in total. The van der Waals surface area contributed by atoms with E-state index in [1.165, 1.54) is 6.07 Å². The molecule has 0 spiro atoms. The molecule has 0 radical (unpaired) electrons. The standard InChI is InChI=1S/C13H14ClN3O2/c14-9-2-1-3-11(6-9)19-5-4-12-16-10(8-15)7-13(18)17-12/h1-3,6-7H,4-5,8,15H2,(H,16,17,18). The number of rotatable bonds is 5. The SMILES string of the molecule is NCc1cc(=O)[nH]c(CCOc2cccc(Cl)c2)n1. The van der Waals surface area contributed by atoms with Gasteiger partial charge in [-0.15, -0.1) is 0 Å². The van der Waals surface area contributed by atoms with E-state index in [0.717, 1.165) is 0 Å². The number of aromatic nitrogens is 2. The Morgan fingerprint density at radius 2 is 2.21 bits per heavy atom. The lowest BCUT2D eigenvalue weighted by molar-refractivity contribution is 0.318. The van der Waals surface area contributed by atoms with Gasteiger partial charge in [0.15, 0.2) is 0 Å². The zero-order valence-electron chi connectivity index (χ0n) is 10.2. The minimum atomic E-state index is -0.201. The van der Waals surface area contributed by atoms with Crippen molar-refractivity contribution in [2.75, 3.05) is 6.61 Å². The molecule has 0 unspecified atom stereocenters. The molecule has 2 aromatic rings. The van der Waals surface area contributed by atoms with Gasteiger partial charge in [0, 0.05) is 24.1 Å². The fourth-order valence-electron chi connectivity index (χ4n) is 1.61. The molecule has 0 aliphatic carbocycles. The Labute approximate surface area is 115 Å². The van der Waals surface area contributed by atoms with Crippen LogP contribution in [0.1, 0.15) is 11.5 Å². The second-order valence-electron chi connectivity index (χ2n) is 3.94. The van der Waals surface area contributed by atoms with Crippen LogP contribution in [0.5, 0.6) is 5.75 Å². The van der Waals surface area contributed by atoms with Gasteiger partial charge in [-0.2, -0.15) is 0 Å². The Bertz CT molecular complexity index is 613. The largest absolute Gasteiger partial charge is 0.493 e. The minimum Gasteiger partial charge on any atom is -0.493 e. The molecule has 2 rings (SSSR count). The lowest BCUT2D eigenvalue weighted by Crippen LogP contribution is -2.16. The van der Waals surface area contributed by atoms with Crippen molar-refractivity contribution in [1.82, 2.24) is 9.97 Å². The van der Waals surface area contributed by atoms with Gasteiger partial charge in [0.05, 0.1) is 12.3 Å². The molecular weight excluding hydrogens is 266 g/mol. The highest BCUT2D eigenvalue weighted by Crippen LogP contribution is 2.17. The summed E-state index contributed by atoms with van der Waals surface area (Å²) in [7, 11) is 0. The van der Waals surface area contributed by atoms with E-state index >= 15 is 0 Å². The molecule has 0 fully saturated rings. The summed E-state index contributed by atoms with van der Waals surface area (Å²) in [6.07, 6.45) is 0.496. The van der Waals surface area contributed by atoms with Crippen molar-refractivity contribution >= 4 is 11.6 Å². The normalized spacial score (nSPS) is 10.4. The topological polar surface area (TPSA) is 81.0 Å². The molecule has 0 atom stereocenters. The van der Waals surface area contributed by atoms with E-state index in [0.29, 0.717) is 35.3 Å². The summed E-state index contributed by atoms with van der Waals surface area (Å²) in [5.74, 6) is 1.25. The van der Waals surface area contributed by atoms with Gasteiger partial charge in [0.25, 0.3) is 5.56 Å². The third kappa shape index (κ3) is 4.08. The van der Waals surface area contributed by atoms with Gasteiger partial charge in [-0.25, -0.2) is 4.98 Å². The Morgan fingerprint density at radius 3 is 2.95 bits per heavy atom. The van der Waals surface area contributed by atoms with Crippen LogP contribution in [0.15, 0.2) is 35.1 Å². The lowest BCUT2D eigenvalue weighted by atomic mass is 10.3. The first kappa shape index (κ1) is 13.6. The molecule has 100 valence electrons. The smallest absolute Gasteiger partial charge is 0.251 e. The molecule has 0 saturated heterocycles. The second-order valence-corrected chi connectivity index (χ2v) is 4.38. The van der Waals surface area contributed by atoms with Gasteiger partial charge in [-0.3, -0.25) is 4.79 Å². The molecule has 0 saturated carbocycles. The summed E-state index contributed by atoms with van der Waals surface area (Å²) in [6.45, 7) is 0.642. The van der Waals surface area contributed by atoms with Crippen molar-refractivity contribution in [3.8, 4) is 5.75 Å². The molecule has 1 aromatic heterocycles. The molecule has 3 N–H and O–H groups in total. The molecule has 0 aliphatic heterocycles. The van der Waals surface area contributed by atoms with Crippen molar-refractivity contribution in [3.63, 3.8) is 0 Å².